The van der Waals surface area contributed by atoms with Crippen molar-refractivity contribution >= 4 is 58.5 Å². The van der Waals surface area contributed by atoms with Gasteiger partial charge in [-0.05, 0) is 47.7 Å². The Morgan fingerprint density at radius 1 is 0.982 bits per heavy atom. The molecular weight excluding hydrogens is 730 g/mol. The molecule has 3 N–H and O–H groups in total. The highest BCUT2D eigenvalue weighted by molar-refractivity contribution is 7.99. The molecule has 1 unspecified atom stereocenters. The van der Waals surface area contributed by atoms with Gasteiger partial charge in [-0.25, -0.2) is 4.39 Å². The lowest BCUT2D eigenvalue weighted by molar-refractivity contribution is -0.136. The minimum Gasteiger partial charge on any atom is -0.379 e. The molecule has 2 aliphatic rings. The molecule has 0 radical (unpaired) electrons. The normalized spacial score (nSPS) is 15.3. The predicted octanol–water partition coefficient (Wildman–Crippen LogP) is 4.12. The van der Waals surface area contributed by atoms with E-state index in [4.69, 9.17) is 9.47 Å². The van der Waals surface area contributed by atoms with Gasteiger partial charge in [-0.1, -0.05) is 36.4 Å². The highest BCUT2D eigenvalue weighted by atomic mass is 32.2. The molecule has 1 saturated heterocycles. The number of piperidine rings is 1. The number of carbonyl (C=O) groups excluding carboxylic acids is 6. The zero-order valence-corrected chi connectivity index (χ0v) is 31.4. The molecule has 3 heterocycles. The van der Waals surface area contributed by atoms with Crippen molar-refractivity contribution in [2.24, 2.45) is 0 Å². The number of halogens is 1. The second-order valence-corrected chi connectivity index (χ2v) is 14.5. The van der Waals surface area contributed by atoms with Gasteiger partial charge in [0.1, 0.15) is 11.9 Å². The third kappa shape index (κ3) is 9.12. The summed E-state index contributed by atoms with van der Waals surface area (Å²) in [4.78, 5) is 81.2. The van der Waals surface area contributed by atoms with Gasteiger partial charge in [0.05, 0.1) is 44.0 Å². The number of nitrogens with one attached hydrogen (secondary N) is 3. The smallest absolute Gasteiger partial charge is 0.256 e. The molecule has 1 atom stereocenters. The highest BCUT2D eigenvalue weighted by Gasteiger charge is 2.34. The summed E-state index contributed by atoms with van der Waals surface area (Å²) >= 11 is 1.35. The van der Waals surface area contributed by atoms with Crippen molar-refractivity contribution in [3.8, 4) is 11.3 Å². The van der Waals surface area contributed by atoms with Crippen LogP contribution in [-0.4, -0.2) is 109 Å². The number of hydrogen-bond donors (Lipinski definition) is 3. The maximum Gasteiger partial charge on any atom is 0.256 e. The average Bonchev–Trinajstić information content (AvgIpc) is 3.44. The topological polar surface area (TPSA) is 167 Å². The zero-order chi connectivity index (χ0) is 39.1. The van der Waals surface area contributed by atoms with Crippen LogP contribution in [-0.2, 0) is 36.8 Å². The number of hydrogen-bond acceptors (Lipinski definition) is 9. The minimum absolute atomic E-state index is 0.0735. The summed E-state index contributed by atoms with van der Waals surface area (Å²) in [5.74, 6) is -1.75. The molecule has 55 heavy (non-hydrogen) atoms. The summed E-state index contributed by atoms with van der Waals surface area (Å²) in [5.41, 5.74) is 4.97. The molecule has 288 valence electrons. The van der Waals surface area contributed by atoms with E-state index in [1.165, 1.54) is 35.8 Å². The zero-order valence-electron chi connectivity index (χ0n) is 30.6. The fourth-order valence-electron chi connectivity index (χ4n) is 6.82. The highest BCUT2D eigenvalue weighted by Crippen LogP contribution is 2.35. The number of benzene rings is 3. The Morgan fingerprint density at radius 2 is 1.75 bits per heavy atom. The van der Waals surface area contributed by atoms with Crippen LogP contribution >= 0.6 is 11.8 Å². The monoisotopic (exact) mass is 771 g/mol. The Labute approximate surface area is 321 Å². The lowest BCUT2D eigenvalue weighted by Gasteiger charge is -2.30. The van der Waals surface area contributed by atoms with Crippen molar-refractivity contribution in [1.82, 2.24) is 25.4 Å². The Morgan fingerprint density at radius 3 is 2.49 bits per heavy atom. The van der Waals surface area contributed by atoms with Crippen molar-refractivity contribution in [2.45, 2.75) is 43.2 Å². The largest absolute Gasteiger partial charge is 0.379 e. The van der Waals surface area contributed by atoms with Crippen LogP contribution in [0.15, 0.2) is 59.5 Å². The number of thioether (sulfide) groups is 1. The second kappa shape index (κ2) is 17.8. The van der Waals surface area contributed by atoms with E-state index >= 15 is 0 Å². The molecule has 2 aliphatic heterocycles. The van der Waals surface area contributed by atoms with Crippen molar-refractivity contribution in [1.29, 1.82) is 0 Å². The Bertz CT molecular complexity index is 2120. The van der Waals surface area contributed by atoms with E-state index in [2.05, 4.69) is 15.6 Å². The van der Waals surface area contributed by atoms with Gasteiger partial charge >= 0.3 is 0 Å². The number of H-pyrrole nitrogens is 1. The summed E-state index contributed by atoms with van der Waals surface area (Å²) in [6.07, 6.45) is 1.76. The van der Waals surface area contributed by atoms with Crippen LogP contribution in [0.4, 0.5) is 4.39 Å². The molecule has 0 spiro atoms. The third-order valence-corrected chi connectivity index (χ3v) is 10.7. The molecule has 4 aromatic rings. The first kappa shape index (κ1) is 39.3. The number of ether oxygens (including phenoxy) is 2. The second-order valence-electron chi connectivity index (χ2n) is 13.4. The van der Waals surface area contributed by atoms with Gasteiger partial charge in [-0.2, -0.15) is 0 Å². The fourth-order valence-corrected chi connectivity index (χ4v) is 7.77. The van der Waals surface area contributed by atoms with E-state index in [9.17, 15) is 33.2 Å². The maximum atomic E-state index is 14.3. The fraction of sp³-hybridized carbons (Fsp3) is 0.350. The van der Waals surface area contributed by atoms with Gasteiger partial charge in [0, 0.05) is 66.4 Å². The van der Waals surface area contributed by atoms with Gasteiger partial charge in [0.25, 0.3) is 11.8 Å². The molecule has 1 aromatic heterocycles. The lowest BCUT2D eigenvalue weighted by Crippen LogP contribution is -2.53. The van der Waals surface area contributed by atoms with Gasteiger partial charge in [0.15, 0.2) is 6.29 Å². The number of rotatable bonds is 16. The van der Waals surface area contributed by atoms with Crippen LogP contribution in [0.25, 0.3) is 22.2 Å². The minimum atomic E-state index is -0.813. The number of likely N-dealkylation sites (N-methyl/N-ethyl adjacent to an activating group) is 1. The standard InChI is InChI=1S/C40H42FN5O8S/c1-45(22-24-6-8-25(9-7-24)37-28-12-14-42-38(50)29-20-27(41)21-30(43-37)36(28)29)34(49)13-15-53-16-17-54-18-19-55-32-5-3-4-26(23-47)35(32)40(52)46(2)31-10-11-33(48)44-39(31)51/h3-9,20-21,23,31,43H,10-19,22H2,1-2H3,(H,42,50)(H,44,48,51). The van der Waals surface area contributed by atoms with Crippen molar-refractivity contribution in [3.05, 3.63) is 88.2 Å². The number of imide groups is 1. The number of nitrogens with zero attached hydrogens (tertiary/aromatic N) is 2. The number of aldehydes is 1. The Kier molecular flexibility index (Phi) is 12.8. The summed E-state index contributed by atoms with van der Waals surface area (Å²) in [6.45, 7) is 2.03. The number of aromatic amines is 1. The van der Waals surface area contributed by atoms with Crippen LogP contribution in [0.1, 0.15) is 61.5 Å². The van der Waals surface area contributed by atoms with E-state index in [1.807, 2.05) is 24.3 Å². The number of amides is 5. The Balaban J connectivity index is 0.908. The van der Waals surface area contributed by atoms with E-state index in [1.54, 1.807) is 30.1 Å². The molecule has 0 aliphatic carbocycles. The van der Waals surface area contributed by atoms with E-state index in [0.29, 0.717) is 67.3 Å². The van der Waals surface area contributed by atoms with Gasteiger partial charge in [0.2, 0.25) is 17.7 Å². The lowest BCUT2D eigenvalue weighted by atomic mass is 9.99. The molecule has 3 aromatic carbocycles. The summed E-state index contributed by atoms with van der Waals surface area (Å²) in [6, 6.07) is 14.6. The van der Waals surface area contributed by atoms with Crippen molar-refractivity contribution < 1.29 is 42.6 Å². The summed E-state index contributed by atoms with van der Waals surface area (Å²) in [5, 5.41) is 5.84. The summed E-state index contributed by atoms with van der Waals surface area (Å²) in [7, 11) is 3.22. The van der Waals surface area contributed by atoms with E-state index < -0.39 is 23.7 Å². The Hall–Kier alpha value is -5.38. The molecule has 0 saturated carbocycles. The predicted molar refractivity (Wildman–Crippen MR) is 203 cm³/mol. The molecule has 13 nitrogen and oxygen atoms in total. The average molecular weight is 772 g/mol. The first-order valence-corrected chi connectivity index (χ1v) is 19.0. The molecule has 6 rings (SSSR count). The number of aromatic nitrogens is 1. The first-order valence-electron chi connectivity index (χ1n) is 18.0. The maximum absolute atomic E-state index is 14.3. The van der Waals surface area contributed by atoms with Crippen LogP contribution < -0.4 is 10.6 Å². The van der Waals surface area contributed by atoms with Crippen LogP contribution in [0.3, 0.4) is 0 Å². The molecule has 5 amide bonds. The van der Waals surface area contributed by atoms with Crippen molar-refractivity contribution in [2.75, 3.05) is 52.8 Å². The van der Waals surface area contributed by atoms with Gasteiger partial charge < -0.3 is 29.6 Å². The molecule has 0 bridgehead atoms. The van der Waals surface area contributed by atoms with Gasteiger partial charge in [-0.15, -0.1) is 11.8 Å². The van der Waals surface area contributed by atoms with E-state index in [0.717, 1.165) is 27.8 Å². The SMILES string of the molecule is CN(Cc1ccc(-c2[nH]c3cc(F)cc4c3c2CCNC4=O)cc1)C(=O)CCOCCOCCSc1cccc(C=O)c1C(=O)N(C)C1CCC(=O)NC1=O. The molecule has 15 heteroatoms. The van der Waals surface area contributed by atoms with E-state index in [-0.39, 0.29) is 54.7 Å². The third-order valence-electron chi connectivity index (χ3n) is 9.67. The number of carbonyl (C=O) groups is 6. The molecular formula is C40H42FN5O8S. The van der Waals surface area contributed by atoms with Crippen LogP contribution in [0.5, 0.6) is 0 Å². The van der Waals surface area contributed by atoms with Gasteiger partial charge in [-0.3, -0.25) is 34.1 Å². The summed E-state index contributed by atoms with van der Waals surface area (Å²) < 4.78 is 25.6. The quantitative estimate of drug-likeness (QED) is 0.0658. The molecule has 1 fully saturated rings. The van der Waals surface area contributed by atoms with Crippen LogP contribution in [0, 0.1) is 5.82 Å². The first-order chi connectivity index (χ1) is 26.5. The van der Waals surface area contributed by atoms with Crippen molar-refractivity contribution in [3.63, 3.8) is 0 Å². The van der Waals surface area contributed by atoms with Crippen LogP contribution in [0.2, 0.25) is 0 Å².